The molecule has 1 saturated heterocycles. The quantitative estimate of drug-likeness (QED) is 0.760. The van der Waals surface area contributed by atoms with Crippen LogP contribution in [0.1, 0.15) is 33.7 Å². The van der Waals surface area contributed by atoms with Crippen LogP contribution in [0, 0.1) is 5.41 Å². The number of nitrogens with two attached hydrogens (primary N) is 1. The van der Waals surface area contributed by atoms with Crippen LogP contribution in [0.4, 0.5) is 0 Å². The number of aromatic nitrogens is 1. The molecule has 2 aliphatic rings. The van der Waals surface area contributed by atoms with Gasteiger partial charge in [0.25, 0.3) is 0 Å². The Bertz CT molecular complexity index is 1030. The molecule has 1 aliphatic heterocycles. The van der Waals surface area contributed by atoms with Gasteiger partial charge in [-0.1, -0.05) is 47.6 Å². The monoisotopic (exact) mass is 373 g/mol. The molecule has 1 spiro atoms. The van der Waals surface area contributed by atoms with Gasteiger partial charge in [-0.05, 0) is 48.4 Å². The van der Waals surface area contributed by atoms with Crippen LogP contribution in [-0.4, -0.2) is 29.1 Å². The molecule has 2 aromatic carbocycles. The Morgan fingerprint density at radius 3 is 2.82 bits per heavy atom. The average molecular weight is 373 g/mol. The number of primary amides is 1. The first-order chi connectivity index (χ1) is 13.6. The van der Waals surface area contributed by atoms with Gasteiger partial charge in [0.05, 0.1) is 6.54 Å². The Morgan fingerprint density at radius 2 is 2.00 bits per heavy atom. The molecule has 5 rings (SSSR count). The molecular formula is C23H23N3O2. The van der Waals surface area contributed by atoms with E-state index in [0.717, 1.165) is 61.5 Å². The topological polar surface area (TPSA) is 72.4 Å². The summed E-state index contributed by atoms with van der Waals surface area (Å²) in [6.07, 6.45) is 3.08. The average Bonchev–Trinajstić information content (AvgIpc) is 3.41. The van der Waals surface area contributed by atoms with Crippen molar-refractivity contribution in [1.29, 1.82) is 0 Å². The maximum absolute atomic E-state index is 11.8. The fourth-order valence-electron chi connectivity index (χ4n) is 4.89. The number of likely N-dealkylation sites (tertiary alicyclic amines) is 1. The van der Waals surface area contributed by atoms with E-state index in [0.29, 0.717) is 5.56 Å². The first kappa shape index (κ1) is 17.2. The van der Waals surface area contributed by atoms with E-state index in [4.69, 9.17) is 10.3 Å². The molecule has 28 heavy (non-hydrogen) atoms. The Kier molecular flexibility index (Phi) is 4.05. The maximum Gasteiger partial charge on any atom is 0.248 e. The van der Waals surface area contributed by atoms with Crippen LogP contribution in [0.2, 0.25) is 0 Å². The first-order valence-corrected chi connectivity index (χ1v) is 9.76. The third kappa shape index (κ3) is 3.02. The van der Waals surface area contributed by atoms with Crippen LogP contribution in [0.25, 0.3) is 11.3 Å². The van der Waals surface area contributed by atoms with Crippen molar-refractivity contribution >= 4 is 5.91 Å². The van der Waals surface area contributed by atoms with E-state index in [1.54, 1.807) is 0 Å². The summed E-state index contributed by atoms with van der Waals surface area (Å²) in [6, 6.07) is 18.1. The van der Waals surface area contributed by atoms with E-state index in [1.165, 1.54) is 5.56 Å². The minimum Gasteiger partial charge on any atom is -0.366 e. The van der Waals surface area contributed by atoms with E-state index in [9.17, 15) is 4.79 Å². The number of carbonyl (C=O) groups is 1. The predicted octanol–water partition coefficient (Wildman–Crippen LogP) is 3.43. The van der Waals surface area contributed by atoms with Crippen LogP contribution >= 0.6 is 0 Å². The molecule has 5 heteroatoms. The van der Waals surface area contributed by atoms with Crippen molar-refractivity contribution in [3.8, 4) is 11.3 Å². The Hall–Kier alpha value is -2.92. The summed E-state index contributed by atoms with van der Waals surface area (Å²) >= 11 is 0. The van der Waals surface area contributed by atoms with Crippen LogP contribution in [0.5, 0.6) is 0 Å². The van der Waals surface area contributed by atoms with E-state index < -0.39 is 0 Å². The van der Waals surface area contributed by atoms with Crippen molar-refractivity contribution in [2.45, 2.75) is 25.8 Å². The molecule has 0 saturated carbocycles. The molecule has 2 N–H and O–H groups in total. The van der Waals surface area contributed by atoms with Gasteiger partial charge in [-0.2, -0.15) is 0 Å². The number of nitrogens with zero attached hydrogens (tertiary/aromatic N) is 2. The van der Waals surface area contributed by atoms with Gasteiger partial charge < -0.3 is 10.3 Å². The van der Waals surface area contributed by atoms with Crippen LogP contribution in [0.3, 0.4) is 0 Å². The highest BCUT2D eigenvalue weighted by molar-refractivity contribution is 5.94. The lowest BCUT2D eigenvalue weighted by Gasteiger charge is -2.23. The zero-order chi connectivity index (χ0) is 19.1. The van der Waals surface area contributed by atoms with E-state index in [-0.39, 0.29) is 11.3 Å². The SMILES string of the molecule is NC(=O)c1cccc2c1CC1(CCN(Cc3cc(-c4ccccc4)no3)C1)C2. The molecule has 1 fully saturated rings. The van der Waals surface area contributed by atoms with Crippen LogP contribution in [-0.2, 0) is 19.4 Å². The molecule has 5 nitrogen and oxygen atoms in total. The highest BCUT2D eigenvalue weighted by Crippen LogP contribution is 2.45. The molecule has 1 aliphatic carbocycles. The number of amides is 1. The molecule has 1 aromatic heterocycles. The number of rotatable bonds is 4. The summed E-state index contributed by atoms with van der Waals surface area (Å²) in [5.41, 5.74) is 10.9. The van der Waals surface area contributed by atoms with Gasteiger partial charge in [-0.25, -0.2) is 0 Å². The van der Waals surface area contributed by atoms with Gasteiger partial charge in [-0.3, -0.25) is 9.69 Å². The molecule has 142 valence electrons. The minimum atomic E-state index is -0.321. The van der Waals surface area contributed by atoms with Crippen LogP contribution in [0.15, 0.2) is 59.1 Å². The smallest absolute Gasteiger partial charge is 0.248 e. The molecular weight excluding hydrogens is 350 g/mol. The Morgan fingerprint density at radius 1 is 1.14 bits per heavy atom. The summed E-state index contributed by atoms with van der Waals surface area (Å²) in [5.74, 6) is 0.572. The van der Waals surface area contributed by atoms with Gasteiger partial charge in [0.1, 0.15) is 5.69 Å². The highest BCUT2D eigenvalue weighted by Gasteiger charge is 2.43. The second kappa shape index (κ2) is 6.60. The summed E-state index contributed by atoms with van der Waals surface area (Å²) < 4.78 is 5.59. The lowest BCUT2D eigenvalue weighted by atomic mass is 9.84. The number of fused-ring (bicyclic) bond motifs is 1. The third-order valence-corrected chi connectivity index (χ3v) is 6.18. The van der Waals surface area contributed by atoms with Crippen molar-refractivity contribution in [1.82, 2.24) is 10.1 Å². The second-order valence-electron chi connectivity index (χ2n) is 8.17. The lowest BCUT2D eigenvalue weighted by molar-refractivity contribution is 0.0999. The van der Waals surface area contributed by atoms with Gasteiger partial charge in [0.2, 0.25) is 5.91 Å². The second-order valence-corrected chi connectivity index (χ2v) is 8.17. The minimum absolute atomic E-state index is 0.205. The first-order valence-electron chi connectivity index (χ1n) is 9.76. The van der Waals surface area contributed by atoms with E-state index in [1.807, 2.05) is 48.5 Å². The third-order valence-electron chi connectivity index (χ3n) is 6.18. The molecule has 1 amide bonds. The fraction of sp³-hybridized carbons (Fsp3) is 0.304. The number of hydrogen-bond acceptors (Lipinski definition) is 4. The summed E-state index contributed by atoms with van der Waals surface area (Å²) in [5, 5.41) is 4.23. The normalized spacial score (nSPS) is 21.3. The summed E-state index contributed by atoms with van der Waals surface area (Å²) in [4.78, 5) is 14.2. The number of carbonyl (C=O) groups excluding carboxylic acids is 1. The molecule has 1 atom stereocenters. The summed E-state index contributed by atoms with van der Waals surface area (Å²) in [7, 11) is 0. The molecule has 2 heterocycles. The van der Waals surface area contributed by atoms with E-state index in [2.05, 4.69) is 16.1 Å². The molecule has 1 unspecified atom stereocenters. The maximum atomic E-state index is 11.8. The van der Waals surface area contributed by atoms with Crippen LogP contribution < -0.4 is 5.73 Å². The van der Waals surface area contributed by atoms with Gasteiger partial charge in [0, 0.05) is 23.7 Å². The number of benzene rings is 2. The zero-order valence-corrected chi connectivity index (χ0v) is 15.7. The predicted molar refractivity (Wildman–Crippen MR) is 107 cm³/mol. The molecule has 0 radical (unpaired) electrons. The standard InChI is InChI=1S/C23H23N3O2/c24-22(27)19-8-4-7-17-12-23(13-20(17)19)9-10-26(15-23)14-18-11-21(25-28-18)16-5-2-1-3-6-16/h1-8,11H,9-10,12-15H2,(H2,24,27). The summed E-state index contributed by atoms with van der Waals surface area (Å²) in [6.45, 7) is 2.79. The lowest BCUT2D eigenvalue weighted by Crippen LogP contribution is -2.27. The largest absolute Gasteiger partial charge is 0.366 e. The Labute approximate surface area is 164 Å². The van der Waals surface area contributed by atoms with Crippen molar-refractivity contribution in [2.24, 2.45) is 11.1 Å². The molecule has 0 bridgehead atoms. The van der Waals surface area contributed by atoms with E-state index >= 15 is 0 Å². The van der Waals surface area contributed by atoms with Gasteiger partial charge in [-0.15, -0.1) is 0 Å². The van der Waals surface area contributed by atoms with Crippen molar-refractivity contribution in [3.63, 3.8) is 0 Å². The number of hydrogen-bond donors (Lipinski definition) is 1. The highest BCUT2D eigenvalue weighted by atomic mass is 16.5. The Balaban J connectivity index is 1.29. The van der Waals surface area contributed by atoms with Crippen molar-refractivity contribution in [2.75, 3.05) is 13.1 Å². The molecule has 3 aromatic rings. The zero-order valence-electron chi connectivity index (χ0n) is 15.7. The van der Waals surface area contributed by atoms with Gasteiger partial charge >= 0.3 is 0 Å². The fourth-order valence-corrected chi connectivity index (χ4v) is 4.89. The van der Waals surface area contributed by atoms with Crippen molar-refractivity contribution < 1.29 is 9.32 Å². The van der Waals surface area contributed by atoms with Crippen molar-refractivity contribution in [3.05, 3.63) is 77.0 Å². The van der Waals surface area contributed by atoms with Gasteiger partial charge in [0.15, 0.2) is 5.76 Å².